The quantitative estimate of drug-likeness (QED) is 0.752. The lowest BCUT2D eigenvalue weighted by molar-refractivity contribution is -0.118. The number of nitrogens with one attached hydrogen (secondary N) is 2. The summed E-state index contributed by atoms with van der Waals surface area (Å²) in [5.74, 6) is 0.213. The van der Waals surface area contributed by atoms with Crippen LogP contribution in [0.5, 0.6) is 0 Å². The third-order valence-corrected chi connectivity index (χ3v) is 3.93. The van der Waals surface area contributed by atoms with Crippen LogP contribution in [0.4, 0.5) is 11.4 Å². The van der Waals surface area contributed by atoms with Gasteiger partial charge in [0.05, 0.1) is 6.04 Å². The summed E-state index contributed by atoms with van der Waals surface area (Å²) in [6.07, 6.45) is 2.82. The van der Waals surface area contributed by atoms with Crippen LogP contribution in [-0.2, 0) is 9.59 Å². The summed E-state index contributed by atoms with van der Waals surface area (Å²) >= 11 is 0. The van der Waals surface area contributed by atoms with Crippen LogP contribution in [0, 0.1) is 11.8 Å². The maximum absolute atomic E-state index is 12.0. The number of carbonyl (C=O) groups is 2. The lowest BCUT2D eigenvalue weighted by atomic mass is 9.99. The van der Waals surface area contributed by atoms with Crippen LogP contribution in [0.25, 0.3) is 0 Å². The lowest BCUT2D eigenvalue weighted by Crippen LogP contribution is -2.40. The van der Waals surface area contributed by atoms with Crippen molar-refractivity contribution >= 4 is 35.6 Å². The second kappa shape index (κ2) is 8.15. The molecule has 1 fully saturated rings. The van der Waals surface area contributed by atoms with Crippen LogP contribution in [-0.4, -0.2) is 17.9 Å². The van der Waals surface area contributed by atoms with Crippen molar-refractivity contribution in [3.63, 3.8) is 0 Å². The Hall–Kier alpha value is -1.59. The average molecular weight is 326 g/mol. The number of carbonyl (C=O) groups excluding carboxylic acids is 2. The number of anilines is 2. The summed E-state index contributed by atoms with van der Waals surface area (Å²) in [6, 6.07) is 6.59. The summed E-state index contributed by atoms with van der Waals surface area (Å²) in [4.78, 5) is 23.6. The molecule has 4 N–H and O–H groups in total. The van der Waals surface area contributed by atoms with E-state index in [0.29, 0.717) is 5.69 Å². The van der Waals surface area contributed by atoms with Gasteiger partial charge in [-0.25, -0.2) is 0 Å². The van der Waals surface area contributed by atoms with Gasteiger partial charge >= 0.3 is 0 Å². The van der Waals surface area contributed by atoms with Gasteiger partial charge in [0.2, 0.25) is 11.8 Å². The van der Waals surface area contributed by atoms with Crippen molar-refractivity contribution in [1.29, 1.82) is 0 Å². The molecule has 0 aliphatic heterocycles. The molecule has 2 rings (SSSR count). The molecular formula is C16H24ClN3O2. The number of hydrogen-bond donors (Lipinski definition) is 3. The minimum atomic E-state index is -0.510. The fourth-order valence-electron chi connectivity index (χ4n) is 1.96. The van der Waals surface area contributed by atoms with Crippen molar-refractivity contribution < 1.29 is 9.59 Å². The first-order chi connectivity index (χ1) is 10.0. The van der Waals surface area contributed by atoms with E-state index in [4.69, 9.17) is 5.73 Å². The van der Waals surface area contributed by atoms with E-state index < -0.39 is 6.04 Å². The molecule has 2 atom stereocenters. The molecule has 2 amide bonds. The molecule has 1 saturated carbocycles. The zero-order valence-electron chi connectivity index (χ0n) is 13.0. The molecule has 0 aromatic heterocycles. The molecule has 0 heterocycles. The monoisotopic (exact) mass is 325 g/mol. The van der Waals surface area contributed by atoms with Crippen LogP contribution in [0.1, 0.15) is 33.1 Å². The average Bonchev–Trinajstić information content (AvgIpc) is 3.32. The van der Waals surface area contributed by atoms with Gasteiger partial charge in [-0.1, -0.05) is 20.3 Å². The van der Waals surface area contributed by atoms with E-state index in [2.05, 4.69) is 10.6 Å². The molecule has 0 saturated heterocycles. The van der Waals surface area contributed by atoms with Crippen LogP contribution >= 0.6 is 12.4 Å². The summed E-state index contributed by atoms with van der Waals surface area (Å²) < 4.78 is 0. The minimum Gasteiger partial charge on any atom is -0.326 e. The van der Waals surface area contributed by atoms with Gasteiger partial charge in [-0.15, -0.1) is 12.4 Å². The second-order valence-corrected chi connectivity index (χ2v) is 5.74. The normalized spacial score (nSPS) is 16.1. The van der Waals surface area contributed by atoms with Crippen LogP contribution in [0.3, 0.4) is 0 Å². The van der Waals surface area contributed by atoms with E-state index in [9.17, 15) is 9.59 Å². The molecule has 0 spiro atoms. The fraction of sp³-hybridized carbons (Fsp3) is 0.500. The Balaban J connectivity index is 0.00000242. The highest BCUT2D eigenvalue weighted by Crippen LogP contribution is 2.30. The van der Waals surface area contributed by atoms with Gasteiger partial charge in [0.25, 0.3) is 0 Å². The summed E-state index contributed by atoms with van der Waals surface area (Å²) in [5.41, 5.74) is 7.32. The highest BCUT2D eigenvalue weighted by Gasteiger charge is 2.29. The Bertz CT molecular complexity index is 515. The summed E-state index contributed by atoms with van der Waals surface area (Å²) in [6.45, 7) is 3.97. The summed E-state index contributed by atoms with van der Waals surface area (Å²) in [7, 11) is 0. The Morgan fingerprint density at radius 3 is 2.14 bits per heavy atom. The highest BCUT2D eigenvalue weighted by molar-refractivity contribution is 5.96. The Morgan fingerprint density at radius 1 is 1.18 bits per heavy atom. The standard InChI is InChI=1S/C16H23N3O2.ClH/c1-3-10(2)14(17)16(21)19-13-8-6-12(7-9-13)18-15(20)11-4-5-11;/h6-11,14H,3-5,17H2,1-2H3,(H,18,20)(H,19,21);1H. The van der Waals surface area contributed by atoms with Crippen LogP contribution in [0.2, 0.25) is 0 Å². The van der Waals surface area contributed by atoms with Gasteiger partial charge in [0.1, 0.15) is 0 Å². The number of hydrogen-bond acceptors (Lipinski definition) is 3. The first kappa shape index (κ1) is 18.5. The topological polar surface area (TPSA) is 84.2 Å². The number of halogens is 1. The molecule has 0 radical (unpaired) electrons. The number of nitrogens with two attached hydrogens (primary N) is 1. The Labute approximate surface area is 137 Å². The van der Waals surface area contributed by atoms with Gasteiger partial charge in [0, 0.05) is 17.3 Å². The van der Waals surface area contributed by atoms with E-state index in [0.717, 1.165) is 24.9 Å². The predicted molar refractivity (Wildman–Crippen MR) is 91.1 cm³/mol. The number of rotatable bonds is 6. The van der Waals surface area contributed by atoms with Crippen molar-refractivity contribution in [2.45, 2.75) is 39.2 Å². The van der Waals surface area contributed by atoms with Gasteiger partial charge in [-0.2, -0.15) is 0 Å². The lowest BCUT2D eigenvalue weighted by Gasteiger charge is -2.17. The smallest absolute Gasteiger partial charge is 0.241 e. The van der Waals surface area contributed by atoms with Crippen molar-refractivity contribution in [3.05, 3.63) is 24.3 Å². The molecule has 122 valence electrons. The number of amides is 2. The molecule has 5 nitrogen and oxygen atoms in total. The number of benzene rings is 1. The molecule has 0 bridgehead atoms. The molecule has 22 heavy (non-hydrogen) atoms. The van der Waals surface area contributed by atoms with E-state index in [1.807, 2.05) is 13.8 Å². The first-order valence-corrected chi connectivity index (χ1v) is 7.48. The maximum atomic E-state index is 12.0. The van der Waals surface area contributed by atoms with Gasteiger partial charge in [0.15, 0.2) is 0 Å². The predicted octanol–water partition coefficient (Wildman–Crippen LogP) is 2.77. The van der Waals surface area contributed by atoms with Crippen LogP contribution < -0.4 is 16.4 Å². The van der Waals surface area contributed by atoms with Gasteiger partial charge in [-0.3, -0.25) is 9.59 Å². The second-order valence-electron chi connectivity index (χ2n) is 5.74. The molecule has 1 aromatic carbocycles. The van der Waals surface area contributed by atoms with E-state index in [1.54, 1.807) is 24.3 Å². The fourth-order valence-corrected chi connectivity index (χ4v) is 1.96. The van der Waals surface area contributed by atoms with Crippen molar-refractivity contribution in [2.24, 2.45) is 17.6 Å². The largest absolute Gasteiger partial charge is 0.326 e. The molecule has 2 unspecified atom stereocenters. The van der Waals surface area contributed by atoms with E-state index >= 15 is 0 Å². The summed E-state index contributed by atoms with van der Waals surface area (Å²) in [5, 5.41) is 5.65. The zero-order chi connectivity index (χ0) is 15.4. The minimum absolute atomic E-state index is 0. The Kier molecular flexibility index (Phi) is 6.84. The molecule has 6 heteroatoms. The van der Waals surface area contributed by atoms with E-state index in [-0.39, 0.29) is 36.1 Å². The SMILES string of the molecule is CCC(C)C(N)C(=O)Nc1ccc(NC(=O)C2CC2)cc1.Cl. The zero-order valence-corrected chi connectivity index (χ0v) is 13.8. The van der Waals surface area contributed by atoms with Gasteiger partial charge < -0.3 is 16.4 Å². The van der Waals surface area contributed by atoms with Crippen LogP contribution in [0.15, 0.2) is 24.3 Å². The maximum Gasteiger partial charge on any atom is 0.241 e. The van der Waals surface area contributed by atoms with Crippen molar-refractivity contribution in [1.82, 2.24) is 0 Å². The third kappa shape index (κ3) is 5.00. The molecule has 1 aliphatic carbocycles. The molecule has 1 aromatic rings. The van der Waals surface area contributed by atoms with Crippen molar-refractivity contribution in [2.75, 3.05) is 10.6 Å². The van der Waals surface area contributed by atoms with E-state index in [1.165, 1.54) is 0 Å². The highest BCUT2D eigenvalue weighted by atomic mass is 35.5. The van der Waals surface area contributed by atoms with Gasteiger partial charge in [-0.05, 0) is 43.0 Å². The van der Waals surface area contributed by atoms with Crippen molar-refractivity contribution in [3.8, 4) is 0 Å². The molecular weight excluding hydrogens is 302 g/mol. The Morgan fingerprint density at radius 2 is 1.68 bits per heavy atom. The third-order valence-electron chi connectivity index (χ3n) is 3.93. The first-order valence-electron chi connectivity index (χ1n) is 7.48. The molecule has 1 aliphatic rings.